The van der Waals surface area contributed by atoms with Crippen molar-refractivity contribution < 1.29 is 23.2 Å². The quantitative estimate of drug-likeness (QED) is 0.444. The first-order valence-electron chi connectivity index (χ1n) is 15.3. The second kappa shape index (κ2) is 10.4. The number of nitrogens with zero attached hydrogens (tertiary/aromatic N) is 3. The molecule has 9 heteroatoms. The molecule has 2 unspecified atom stereocenters. The molecule has 5 aliphatic rings. The molecule has 3 saturated heterocycles. The number of fused-ring (bicyclic) bond motifs is 2. The fraction of sp³-hybridized carbons (Fsp3) is 0.710. The Morgan fingerprint density at radius 2 is 1.55 bits per heavy atom. The highest BCUT2D eigenvalue weighted by molar-refractivity contribution is 6.08. The maximum absolute atomic E-state index is 13.8. The number of carbonyl (C=O) groups excluding carboxylic acids is 3. The number of benzene rings is 1. The predicted octanol–water partition coefficient (Wildman–Crippen LogP) is 5.26. The van der Waals surface area contributed by atoms with Crippen LogP contribution in [0.2, 0.25) is 0 Å². The third-order valence-corrected chi connectivity index (χ3v) is 10.1. The van der Waals surface area contributed by atoms with Crippen molar-refractivity contribution in [2.45, 2.75) is 126 Å². The van der Waals surface area contributed by atoms with Gasteiger partial charge in [0.15, 0.2) is 0 Å². The molecular formula is C31H42F2N4O3. The van der Waals surface area contributed by atoms with E-state index in [1.807, 2.05) is 49.1 Å². The molecular weight excluding hydrogens is 514 g/mol. The standard InChI is InChI=1S/C31H42F2N4O3/c1-20(2)37-29(40)36(23-8-9-23)28(39)30(37)18-24-10-11-25(19-30)35(24)17-14-26(21-6-4-3-5-7-21)34-27(38)22-12-15-31(32,33)16-13-22/h3-7,20,22-26H,8-19H2,1-2H3,(H,34,38)/t24?,25?,26-,30?/m0/s1. The van der Waals surface area contributed by atoms with E-state index < -0.39 is 11.5 Å². The van der Waals surface area contributed by atoms with Crippen molar-refractivity contribution in [3.63, 3.8) is 0 Å². The second-order valence-corrected chi connectivity index (χ2v) is 13.1. The van der Waals surface area contributed by atoms with Gasteiger partial charge in [0, 0.05) is 49.5 Å². The van der Waals surface area contributed by atoms with Crippen LogP contribution in [0.1, 0.15) is 96.1 Å². The number of amides is 4. The van der Waals surface area contributed by atoms with Crippen LogP contribution in [0.5, 0.6) is 0 Å². The van der Waals surface area contributed by atoms with E-state index in [4.69, 9.17) is 0 Å². The van der Waals surface area contributed by atoms with Crippen molar-refractivity contribution in [1.82, 2.24) is 20.0 Å². The molecule has 3 atom stereocenters. The van der Waals surface area contributed by atoms with Crippen molar-refractivity contribution in [3.05, 3.63) is 35.9 Å². The number of hydrogen-bond acceptors (Lipinski definition) is 4. The number of carbonyl (C=O) groups is 3. The van der Waals surface area contributed by atoms with Crippen molar-refractivity contribution in [1.29, 1.82) is 0 Å². The molecule has 7 nitrogen and oxygen atoms in total. The third kappa shape index (κ3) is 4.92. The van der Waals surface area contributed by atoms with Crippen LogP contribution in [0.15, 0.2) is 30.3 Å². The number of halogens is 2. The van der Waals surface area contributed by atoms with Gasteiger partial charge in [-0.15, -0.1) is 0 Å². The molecule has 1 spiro atoms. The number of piperidine rings is 1. The van der Waals surface area contributed by atoms with Crippen LogP contribution in [-0.4, -0.2) is 74.7 Å². The van der Waals surface area contributed by atoms with Gasteiger partial charge in [0.05, 0.1) is 6.04 Å². The molecule has 3 aliphatic heterocycles. The van der Waals surface area contributed by atoms with Crippen molar-refractivity contribution in [2.24, 2.45) is 5.92 Å². The molecule has 4 amide bonds. The zero-order valence-electron chi connectivity index (χ0n) is 23.7. The van der Waals surface area contributed by atoms with Gasteiger partial charge in [-0.05, 0) is 77.2 Å². The Kier molecular flexibility index (Phi) is 7.16. The molecule has 1 N–H and O–H groups in total. The molecule has 2 aliphatic carbocycles. The van der Waals surface area contributed by atoms with Crippen molar-refractivity contribution in [2.75, 3.05) is 6.54 Å². The lowest BCUT2D eigenvalue weighted by atomic mass is 9.80. The highest BCUT2D eigenvalue weighted by Gasteiger charge is 2.65. The van der Waals surface area contributed by atoms with Crippen LogP contribution in [0, 0.1) is 5.92 Å². The molecule has 6 rings (SSSR count). The number of imide groups is 1. The summed E-state index contributed by atoms with van der Waals surface area (Å²) in [6.07, 6.45) is 5.83. The zero-order valence-corrected chi connectivity index (χ0v) is 23.7. The van der Waals surface area contributed by atoms with Gasteiger partial charge in [0.2, 0.25) is 11.8 Å². The number of hydrogen-bond donors (Lipinski definition) is 1. The highest BCUT2D eigenvalue weighted by atomic mass is 19.3. The average molecular weight is 557 g/mol. The summed E-state index contributed by atoms with van der Waals surface area (Å²) >= 11 is 0. The molecule has 0 radical (unpaired) electrons. The predicted molar refractivity (Wildman–Crippen MR) is 147 cm³/mol. The smallest absolute Gasteiger partial charge is 0.328 e. The van der Waals surface area contributed by atoms with Crippen LogP contribution in [0.25, 0.3) is 0 Å². The minimum atomic E-state index is -2.66. The summed E-state index contributed by atoms with van der Waals surface area (Å²) in [5, 5.41) is 3.20. The minimum Gasteiger partial charge on any atom is -0.349 e. The minimum absolute atomic E-state index is 0.0118. The van der Waals surface area contributed by atoms with E-state index in [-0.39, 0.29) is 79.7 Å². The summed E-state index contributed by atoms with van der Waals surface area (Å²) in [5.74, 6) is -3.16. The van der Waals surface area contributed by atoms with E-state index >= 15 is 0 Å². The molecule has 40 heavy (non-hydrogen) atoms. The average Bonchev–Trinajstić information content (AvgIpc) is 3.68. The first-order chi connectivity index (χ1) is 19.1. The molecule has 1 aromatic rings. The summed E-state index contributed by atoms with van der Waals surface area (Å²) < 4.78 is 27.4. The van der Waals surface area contributed by atoms with E-state index in [1.165, 1.54) is 0 Å². The van der Waals surface area contributed by atoms with E-state index in [0.717, 1.165) is 37.8 Å². The van der Waals surface area contributed by atoms with Crippen molar-refractivity contribution >= 4 is 17.8 Å². The van der Waals surface area contributed by atoms with Gasteiger partial charge < -0.3 is 10.2 Å². The molecule has 1 aromatic carbocycles. The Hall–Kier alpha value is -2.55. The largest absolute Gasteiger partial charge is 0.349 e. The van der Waals surface area contributed by atoms with E-state index in [0.29, 0.717) is 19.3 Å². The lowest BCUT2D eigenvalue weighted by Crippen LogP contribution is -2.61. The first-order valence-corrected chi connectivity index (χ1v) is 15.3. The Balaban J connectivity index is 1.15. The molecule has 218 valence electrons. The van der Waals surface area contributed by atoms with E-state index in [2.05, 4.69) is 10.2 Å². The van der Waals surface area contributed by atoms with E-state index in [1.54, 1.807) is 4.90 Å². The Bertz CT molecular complexity index is 1120. The molecule has 3 heterocycles. The maximum Gasteiger partial charge on any atom is 0.328 e. The normalized spacial score (nSPS) is 31.4. The number of alkyl halides is 2. The topological polar surface area (TPSA) is 73.0 Å². The first kappa shape index (κ1) is 27.6. The summed E-state index contributed by atoms with van der Waals surface area (Å²) in [6, 6.07) is 10.0. The molecule has 0 aromatic heterocycles. The molecule has 2 bridgehead atoms. The van der Waals surface area contributed by atoms with Gasteiger partial charge in [-0.3, -0.25) is 19.4 Å². The Morgan fingerprint density at radius 3 is 2.12 bits per heavy atom. The van der Waals surface area contributed by atoms with Crippen LogP contribution < -0.4 is 5.32 Å². The van der Waals surface area contributed by atoms with E-state index in [9.17, 15) is 23.2 Å². The van der Waals surface area contributed by atoms with Gasteiger partial charge in [-0.25, -0.2) is 13.6 Å². The van der Waals surface area contributed by atoms with Crippen LogP contribution in [0.3, 0.4) is 0 Å². The van der Waals surface area contributed by atoms with Crippen molar-refractivity contribution in [3.8, 4) is 0 Å². The monoisotopic (exact) mass is 556 g/mol. The second-order valence-electron chi connectivity index (χ2n) is 13.1. The lowest BCUT2D eigenvalue weighted by molar-refractivity contribution is -0.138. The molecule has 2 saturated carbocycles. The van der Waals surface area contributed by atoms with Gasteiger partial charge >= 0.3 is 6.03 Å². The fourth-order valence-corrected chi connectivity index (χ4v) is 8.01. The zero-order chi connectivity index (χ0) is 28.2. The van der Waals surface area contributed by atoms with Gasteiger partial charge in [-0.1, -0.05) is 30.3 Å². The van der Waals surface area contributed by atoms with Gasteiger partial charge in [-0.2, -0.15) is 0 Å². The summed E-state index contributed by atoms with van der Waals surface area (Å²) in [5.41, 5.74) is 0.271. The summed E-state index contributed by atoms with van der Waals surface area (Å²) in [4.78, 5) is 46.4. The van der Waals surface area contributed by atoms with Gasteiger partial charge in [0.1, 0.15) is 5.54 Å². The third-order valence-electron chi connectivity index (χ3n) is 10.1. The number of urea groups is 1. The highest BCUT2D eigenvalue weighted by Crippen LogP contribution is 2.50. The number of rotatable bonds is 8. The number of nitrogens with one attached hydrogen (secondary N) is 1. The SMILES string of the molecule is CC(C)N1C(=O)N(C2CC2)C(=O)C12CC1CCC(C2)N1CC[C@H](NC(=O)C1CCC(F)(F)CC1)c1ccccc1. The fourth-order valence-electron chi connectivity index (χ4n) is 8.01. The van der Waals surface area contributed by atoms with Gasteiger partial charge in [0.25, 0.3) is 5.91 Å². The lowest BCUT2D eigenvalue weighted by Gasteiger charge is -2.48. The summed E-state index contributed by atoms with van der Waals surface area (Å²) in [6.45, 7) is 4.79. The Morgan fingerprint density at radius 1 is 0.950 bits per heavy atom. The Labute approximate surface area is 235 Å². The maximum atomic E-state index is 13.8. The van der Waals surface area contributed by atoms with Crippen LogP contribution in [-0.2, 0) is 9.59 Å². The van der Waals surface area contributed by atoms with Crippen LogP contribution >= 0.6 is 0 Å². The van der Waals surface area contributed by atoms with Crippen LogP contribution in [0.4, 0.5) is 13.6 Å². The summed E-state index contributed by atoms with van der Waals surface area (Å²) in [7, 11) is 0. The molecule has 5 fully saturated rings.